The molecule has 0 amide bonds. The summed E-state index contributed by atoms with van der Waals surface area (Å²) < 4.78 is 7.72. The van der Waals surface area contributed by atoms with Gasteiger partial charge in [0.25, 0.3) is 0 Å². The van der Waals surface area contributed by atoms with Crippen LogP contribution in [0.25, 0.3) is 16.8 Å². The summed E-state index contributed by atoms with van der Waals surface area (Å²) in [5.41, 5.74) is 5.06. The SMILES string of the molecule is CC(Cc1ccccc1)NCc1ccc(-c2ccccc2)c(Oc2ccc3nnc(Cl)n3n2)c1. The lowest BCUT2D eigenvalue weighted by Gasteiger charge is -2.16. The summed E-state index contributed by atoms with van der Waals surface area (Å²) in [5, 5.41) is 16.1. The van der Waals surface area contributed by atoms with Gasteiger partial charge in [0.05, 0.1) is 0 Å². The minimum absolute atomic E-state index is 0.189. The number of ether oxygens (including phenoxy) is 1. The number of benzene rings is 3. The van der Waals surface area contributed by atoms with Crippen LogP contribution in [0.2, 0.25) is 5.28 Å². The van der Waals surface area contributed by atoms with Gasteiger partial charge in [0, 0.05) is 24.2 Å². The minimum Gasteiger partial charge on any atom is -0.437 e. The Hall–Kier alpha value is -3.74. The number of nitrogens with one attached hydrogen (secondary N) is 1. The van der Waals surface area contributed by atoms with Crippen molar-refractivity contribution in [3.8, 4) is 22.8 Å². The van der Waals surface area contributed by atoms with E-state index in [9.17, 15) is 0 Å². The molecule has 5 aromatic rings. The number of halogens is 1. The van der Waals surface area contributed by atoms with Gasteiger partial charge in [0.15, 0.2) is 5.65 Å². The van der Waals surface area contributed by atoms with Crippen LogP contribution in [0.1, 0.15) is 18.1 Å². The van der Waals surface area contributed by atoms with E-state index in [1.54, 1.807) is 12.1 Å². The lowest BCUT2D eigenvalue weighted by atomic mass is 10.0. The molecule has 6 nitrogen and oxygen atoms in total. The van der Waals surface area contributed by atoms with E-state index in [0.717, 1.165) is 35.4 Å². The summed E-state index contributed by atoms with van der Waals surface area (Å²) in [6, 6.07) is 30.8. The van der Waals surface area contributed by atoms with E-state index >= 15 is 0 Å². The number of aromatic nitrogens is 4. The molecule has 1 N–H and O–H groups in total. The van der Waals surface area contributed by atoms with Gasteiger partial charge in [-0.05, 0) is 53.8 Å². The maximum absolute atomic E-state index is 6.27. The molecule has 0 radical (unpaired) electrons. The molecule has 0 spiro atoms. The molecular formula is C27H24ClN5O. The fourth-order valence-electron chi connectivity index (χ4n) is 3.86. The van der Waals surface area contributed by atoms with Crippen LogP contribution in [0.4, 0.5) is 0 Å². The summed E-state index contributed by atoms with van der Waals surface area (Å²) in [6.45, 7) is 2.92. The fraction of sp³-hybridized carbons (Fsp3) is 0.148. The fourth-order valence-corrected chi connectivity index (χ4v) is 4.02. The molecule has 2 aromatic heterocycles. The largest absolute Gasteiger partial charge is 0.437 e. The summed E-state index contributed by atoms with van der Waals surface area (Å²) in [7, 11) is 0. The molecule has 34 heavy (non-hydrogen) atoms. The molecule has 2 heterocycles. The van der Waals surface area contributed by atoms with E-state index in [4.69, 9.17) is 16.3 Å². The van der Waals surface area contributed by atoms with Gasteiger partial charge in [0.2, 0.25) is 11.2 Å². The molecule has 1 unspecified atom stereocenters. The third-order valence-electron chi connectivity index (χ3n) is 5.59. The standard InChI is InChI=1S/C27H24ClN5O/c1-19(16-20-8-4-2-5-9-20)29-18-21-12-13-23(22-10-6-3-7-11-22)24(17-21)34-26-15-14-25-30-31-27(28)33(25)32-26/h2-15,17,19,29H,16,18H2,1H3. The first-order valence-electron chi connectivity index (χ1n) is 11.2. The molecule has 0 bridgehead atoms. The van der Waals surface area contributed by atoms with E-state index in [0.29, 0.717) is 17.6 Å². The molecule has 1 atom stereocenters. The van der Waals surface area contributed by atoms with Crippen LogP contribution in [-0.2, 0) is 13.0 Å². The summed E-state index contributed by atoms with van der Waals surface area (Å²) >= 11 is 6.09. The molecule has 0 aliphatic rings. The highest BCUT2D eigenvalue weighted by Crippen LogP contribution is 2.34. The van der Waals surface area contributed by atoms with Crippen LogP contribution < -0.4 is 10.1 Å². The van der Waals surface area contributed by atoms with Crippen LogP contribution in [-0.4, -0.2) is 25.9 Å². The van der Waals surface area contributed by atoms with Crippen LogP contribution in [0.5, 0.6) is 11.6 Å². The summed E-state index contributed by atoms with van der Waals surface area (Å²) in [4.78, 5) is 0. The van der Waals surface area contributed by atoms with Gasteiger partial charge in [-0.15, -0.1) is 15.3 Å². The average molecular weight is 470 g/mol. The normalized spacial score (nSPS) is 12.1. The lowest BCUT2D eigenvalue weighted by Crippen LogP contribution is -2.27. The first-order valence-corrected chi connectivity index (χ1v) is 11.5. The third kappa shape index (κ3) is 5.09. The van der Waals surface area contributed by atoms with E-state index in [-0.39, 0.29) is 5.28 Å². The van der Waals surface area contributed by atoms with Crippen molar-refractivity contribution in [1.29, 1.82) is 0 Å². The molecule has 5 rings (SSSR count). The van der Waals surface area contributed by atoms with E-state index < -0.39 is 0 Å². The van der Waals surface area contributed by atoms with Gasteiger partial charge in [-0.25, -0.2) is 0 Å². The first kappa shape index (κ1) is 22.1. The molecular weight excluding hydrogens is 446 g/mol. The highest BCUT2D eigenvalue weighted by Gasteiger charge is 2.12. The second-order valence-electron chi connectivity index (χ2n) is 8.18. The van der Waals surface area contributed by atoms with Crippen molar-refractivity contribution in [2.75, 3.05) is 0 Å². The van der Waals surface area contributed by atoms with E-state index in [2.05, 4.69) is 82.1 Å². The molecule has 3 aromatic carbocycles. The summed E-state index contributed by atoms with van der Waals surface area (Å²) in [6.07, 6.45) is 0.968. The molecule has 0 fully saturated rings. The van der Waals surface area contributed by atoms with Gasteiger partial charge < -0.3 is 10.1 Å². The van der Waals surface area contributed by atoms with Crippen molar-refractivity contribution < 1.29 is 4.74 Å². The number of fused-ring (bicyclic) bond motifs is 1. The smallest absolute Gasteiger partial charge is 0.246 e. The molecule has 0 saturated carbocycles. The summed E-state index contributed by atoms with van der Waals surface area (Å²) in [5.74, 6) is 1.13. The molecule has 0 aliphatic heterocycles. The van der Waals surface area contributed by atoms with Crippen molar-refractivity contribution in [2.45, 2.75) is 25.9 Å². The van der Waals surface area contributed by atoms with Gasteiger partial charge in [-0.1, -0.05) is 72.8 Å². The van der Waals surface area contributed by atoms with Gasteiger partial charge in [-0.3, -0.25) is 0 Å². The average Bonchev–Trinajstić information content (AvgIpc) is 3.24. The predicted octanol–water partition coefficient (Wildman–Crippen LogP) is 5.96. The predicted molar refractivity (Wildman–Crippen MR) is 134 cm³/mol. The second-order valence-corrected chi connectivity index (χ2v) is 8.52. The van der Waals surface area contributed by atoms with Crippen molar-refractivity contribution >= 4 is 17.2 Å². The number of nitrogens with zero attached hydrogens (tertiary/aromatic N) is 4. The Labute approximate surface area is 203 Å². The molecule has 170 valence electrons. The van der Waals surface area contributed by atoms with Gasteiger partial charge in [0.1, 0.15) is 5.75 Å². The number of hydrogen-bond donors (Lipinski definition) is 1. The van der Waals surface area contributed by atoms with Crippen molar-refractivity contribution in [1.82, 2.24) is 25.1 Å². The first-order chi connectivity index (χ1) is 16.7. The Morgan fingerprint density at radius 1 is 0.882 bits per heavy atom. The van der Waals surface area contributed by atoms with Crippen LogP contribution in [0.3, 0.4) is 0 Å². The number of rotatable bonds is 8. The Balaban J connectivity index is 1.39. The zero-order chi connectivity index (χ0) is 23.3. The maximum atomic E-state index is 6.27. The van der Waals surface area contributed by atoms with Crippen LogP contribution >= 0.6 is 11.6 Å². The van der Waals surface area contributed by atoms with Gasteiger partial charge >= 0.3 is 0 Å². The topological polar surface area (TPSA) is 64.3 Å². The Morgan fingerprint density at radius 3 is 2.44 bits per heavy atom. The van der Waals surface area contributed by atoms with Crippen LogP contribution in [0, 0.1) is 0 Å². The number of hydrogen-bond acceptors (Lipinski definition) is 5. The molecule has 7 heteroatoms. The van der Waals surface area contributed by atoms with Crippen molar-refractivity contribution in [2.24, 2.45) is 0 Å². The van der Waals surface area contributed by atoms with Crippen LogP contribution in [0.15, 0.2) is 91.0 Å². The molecule has 0 saturated heterocycles. The monoisotopic (exact) mass is 469 g/mol. The second kappa shape index (κ2) is 10.0. The van der Waals surface area contributed by atoms with E-state index in [1.807, 2.05) is 24.3 Å². The zero-order valence-electron chi connectivity index (χ0n) is 18.7. The maximum Gasteiger partial charge on any atom is 0.246 e. The minimum atomic E-state index is 0.189. The van der Waals surface area contributed by atoms with Gasteiger partial charge in [-0.2, -0.15) is 4.52 Å². The Morgan fingerprint density at radius 2 is 1.65 bits per heavy atom. The third-order valence-corrected chi connectivity index (χ3v) is 5.82. The van der Waals surface area contributed by atoms with E-state index in [1.165, 1.54) is 10.1 Å². The zero-order valence-corrected chi connectivity index (χ0v) is 19.5. The van der Waals surface area contributed by atoms with Crippen molar-refractivity contribution in [3.05, 3.63) is 107 Å². The Kier molecular flexibility index (Phi) is 6.51. The molecule has 0 aliphatic carbocycles. The van der Waals surface area contributed by atoms with Crippen molar-refractivity contribution in [3.63, 3.8) is 0 Å². The highest BCUT2D eigenvalue weighted by molar-refractivity contribution is 6.28. The lowest BCUT2D eigenvalue weighted by molar-refractivity contribution is 0.452. The highest BCUT2D eigenvalue weighted by atomic mass is 35.5. The Bertz CT molecular complexity index is 1390. The quantitative estimate of drug-likeness (QED) is 0.304.